The molecule has 108 valence electrons. The first-order valence-electron chi connectivity index (χ1n) is 6.15. The predicted molar refractivity (Wildman–Crippen MR) is 76.4 cm³/mol. The highest BCUT2D eigenvalue weighted by atomic mass is 32.2. The highest BCUT2D eigenvalue weighted by Crippen LogP contribution is 2.25. The second-order valence-corrected chi connectivity index (χ2v) is 6.16. The van der Waals surface area contributed by atoms with Crippen molar-refractivity contribution in [3.8, 4) is 5.75 Å². The molecule has 1 aromatic heterocycles. The van der Waals surface area contributed by atoms with Gasteiger partial charge in [-0.3, -0.25) is 4.72 Å². The van der Waals surface area contributed by atoms with Gasteiger partial charge in [-0.2, -0.15) is 5.10 Å². The largest absolute Gasteiger partial charge is 0.495 e. The van der Waals surface area contributed by atoms with E-state index in [9.17, 15) is 8.42 Å². The van der Waals surface area contributed by atoms with Gasteiger partial charge in [0.05, 0.1) is 13.3 Å². The Balaban J connectivity index is 2.39. The molecule has 0 amide bonds. The second kappa shape index (κ2) is 5.54. The van der Waals surface area contributed by atoms with Crippen molar-refractivity contribution < 1.29 is 13.2 Å². The van der Waals surface area contributed by atoms with Crippen molar-refractivity contribution in [2.24, 2.45) is 0 Å². The lowest BCUT2D eigenvalue weighted by Crippen LogP contribution is -2.18. The van der Waals surface area contributed by atoms with Crippen LogP contribution in [0.3, 0.4) is 0 Å². The van der Waals surface area contributed by atoms with E-state index < -0.39 is 10.0 Å². The maximum absolute atomic E-state index is 12.4. The Morgan fingerprint density at radius 3 is 2.60 bits per heavy atom. The summed E-state index contributed by atoms with van der Waals surface area (Å²) in [5.74, 6) is 0.724. The topological polar surface area (TPSA) is 73.2 Å². The number of hydrogen-bond donors (Lipinski definition) is 1. The molecule has 0 fully saturated rings. The normalized spacial score (nSPS) is 11.6. The Kier molecular flexibility index (Phi) is 3.99. The third-order valence-corrected chi connectivity index (χ3v) is 4.15. The van der Waals surface area contributed by atoms with Gasteiger partial charge in [-0.25, -0.2) is 13.1 Å². The molecule has 0 spiro atoms. The van der Waals surface area contributed by atoms with Crippen molar-refractivity contribution >= 4 is 15.8 Å². The molecule has 1 aromatic carbocycles. The molecule has 0 aliphatic rings. The van der Waals surface area contributed by atoms with Crippen molar-refractivity contribution in [1.82, 2.24) is 9.78 Å². The minimum atomic E-state index is -3.72. The monoisotopic (exact) mass is 295 g/mol. The van der Waals surface area contributed by atoms with Crippen LogP contribution in [-0.2, 0) is 10.0 Å². The van der Waals surface area contributed by atoms with Gasteiger partial charge in [0.15, 0.2) is 0 Å². The fraction of sp³-hybridized carbons (Fsp3) is 0.308. The second-order valence-electron chi connectivity index (χ2n) is 4.51. The van der Waals surface area contributed by atoms with Gasteiger partial charge in [-0.1, -0.05) is 12.1 Å². The van der Waals surface area contributed by atoms with Crippen LogP contribution in [0.1, 0.15) is 19.9 Å². The molecule has 0 bridgehead atoms. The van der Waals surface area contributed by atoms with E-state index >= 15 is 0 Å². The lowest BCUT2D eigenvalue weighted by molar-refractivity contribution is 0.403. The fourth-order valence-electron chi connectivity index (χ4n) is 1.84. The molecule has 1 N–H and O–H groups in total. The van der Waals surface area contributed by atoms with E-state index in [0.717, 1.165) is 0 Å². The standard InChI is InChI=1S/C13H17N3O3S/c1-10(2)16-13(8-9-14-16)15-20(17,18)12-7-5-4-6-11(12)19-3/h4-10,15H,1-3H3. The lowest BCUT2D eigenvalue weighted by atomic mass is 10.3. The van der Waals surface area contributed by atoms with Gasteiger partial charge in [-0.05, 0) is 26.0 Å². The highest BCUT2D eigenvalue weighted by Gasteiger charge is 2.21. The van der Waals surface area contributed by atoms with Gasteiger partial charge in [0.2, 0.25) is 0 Å². The molecule has 0 unspecified atom stereocenters. The summed E-state index contributed by atoms with van der Waals surface area (Å²) in [4.78, 5) is 0.0963. The van der Waals surface area contributed by atoms with Gasteiger partial charge in [0.25, 0.3) is 10.0 Å². The summed E-state index contributed by atoms with van der Waals surface area (Å²) in [6.45, 7) is 3.85. The maximum Gasteiger partial charge on any atom is 0.266 e. The first-order chi connectivity index (χ1) is 9.45. The Hall–Kier alpha value is -2.02. The van der Waals surface area contributed by atoms with Crippen molar-refractivity contribution in [2.45, 2.75) is 24.8 Å². The van der Waals surface area contributed by atoms with Crippen molar-refractivity contribution in [3.05, 3.63) is 36.5 Å². The van der Waals surface area contributed by atoms with E-state index in [1.54, 1.807) is 35.1 Å². The summed E-state index contributed by atoms with van der Waals surface area (Å²) in [7, 11) is -2.28. The molecule has 0 aliphatic carbocycles. The number of methoxy groups -OCH3 is 1. The molecule has 0 atom stereocenters. The van der Waals surface area contributed by atoms with Crippen LogP contribution in [-0.4, -0.2) is 25.3 Å². The summed E-state index contributed by atoms with van der Waals surface area (Å²) >= 11 is 0. The predicted octanol–water partition coefficient (Wildman–Crippen LogP) is 2.27. The number of sulfonamides is 1. The summed E-state index contributed by atoms with van der Waals surface area (Å²) < 4.78 is 34.1. The van der Waals surface area contributed by atoms with Gasteiger partial charge in [0, 0.05) is 12.1 Å². The number of nitrogens with zero attached hydrogens (tertiary/aromatic N) is 2. The molecule has 0 saturated heterocycles. The molecule has 6 nitrogen and oxygen atoms in total. The smallest absolute Gasteiger partial charge is 0.266 e. The van der Waals surface area contributed by atoms with E-state index in [4.69, 9.17) is 4.74 Å². The number of benzene rings is 1. The molecule has 20 heavy (non-hydrogen) atoms. The minimum absolute atomic E-state index is 0.0559. The van der Waals surface area contributed by atoms with Crippen LogP contribution < -0.4 is 9.46 Å². The van der Waals surface area contributed by atoms with Crippen molar-refractivity contribution in [1.29, 1.82) is 0 Å². The van der Waals surface area contributed by atoms with Gasteiger partial charge in [-0.15, -0.1) is 0 Å². The molecular formula is C13H17N3O3S. The van der Waals surface area contributed by atoms with Crippen LogP contribution in [0.15, 0.2) is 41.4 Å². The summed E-state index contributed by atoms with van der Waals surface area (Å²) in [6, 6.07) is 8.14. The molecule has 2 aromatic rings. The van der Waals surface area contributed by atoms with E-state index in [1.807, 2.05) is 13.8 Å². The van der Waals surface area contributed by atoms with Crippen LogP contribution in [0.4, 0.5) is 5.82 Å². The zero-order chi connectivity index (χ0) is 14.8. The molecule has 0 aliphatic heterocycles. The Morgan fingerprint density at radius 2 is 1.95 bits per heavy atom. The molecule has 0 saturated carbocycles. The van der Waals surface area contributed by atoms with E-state index in [-0.39, 0.29) is 10.9 Å². The number of anilines is 1. The molecular weight excluding hydrogens is 278 g/mol. The Labute approximate surface area is 118 Å². The Morgan fingerprint density at radius 1 is 1.25 bits per heavy atom. The van der Waals surface area contributed by atoms with Crippen LogP contribution in [0.25, 0.3) is 0 Å². The van der Waals surface area contributed by atoms with E-state index in [0.29, 0.717) is 11.6 Å². The summed E-state index contributed by atoms with van der Waals surface area (Å²) in [6.07, 6.45) is 1.56. The number of nitrogens with one attached hydrogen (secondary N) is 1. The molecule has 7 heteroatoms. The summed E-state index contributed by atoms with van der Waals surface area (Å²) in [5, 5.41) is 4.09. The first kappa shape index (κ1) is 14.4. The van der Waals surface area contributed by atoms with Crippen LogP contribution in [0.2, 0.25) is 0 Å². The van der Waals surface area contributed by atoms with E-state index in [2.05, 4.69) is 9.82 Å². The quantitative estimate of drug-likeness (QED) is 0.918. The third kappa shape index (κ3) is 2.77. The van der Waals surface area contributed by atoms with Crippen LogP contribution >= 0.6 is 0 Å². The summed E-state index contributed by atoms with van der Waals surface area (Å²) in [5.41, 5.74) is 0. The number of hydrogen-bond acceptors (Lipinski definition) is 4. The maximum atomic E-state index is 12.4. The Bertz CT molecular complexity index is 692. The molecule has 2 rings (SSSR count). The first-order valence-corrected chi connectivity index (χ1v) is 7.63. The average molecular weight is 295 g/mol. The number of aromatic nitrogens is 2. The van der Waals surface area contributed by atoms with Gasteiger partial charge < -0.3 is 4.74 Å². The van der Waals surface area contributed by atoms with Crippen molar-refractivity contribution in [2.75, 3.05) is 11.8 Å². The third-order valence-electron chi connectivity index (χ3n) is 2.76. The van der Waals surface area contributed by atoms with Gasteiger partial charge >= 0.3 is 0 Å². The van der Waals surface area contributed by atoms with Crippen LogP contribution in [0.5, 0.6) is 5.75 Å². The van der Waals surface area contributed by atoms with E-state index in [1.165, 1.54) is 13.2 Å². The van der Waals surface area contributed by atoms with Gasteiger partial charge in [0.1, 0.15) is 16.5 Å². The SMILES string of the molecule is COc1ccccc1S(=O)(=O)Nc1ccnn1C(C)C. The minimum Gasteiger partial charge on any atom is -0.495 e. The number of rotatable bonds is 5. The van der Waals surface area contributed by atoms with Crippen molar-refractivity contribution in [3.63, 3.8) is 0 Å². The zero-order valence-electron chi connectivity index (χ0n) is 11.6. The molecule has 0 radical (unpaired) electrons. The molecule has 1 heterocycles. The zero-order valence-corrected chi connectivity index (χ0v) is 12.4. The number of ether oxygens (including phenoxy) is 1. The van der Waals surface area contributed by atoms with Crippen LogP contribution in [0, 0.1) is 0 Å². The fourth-order valence-corrected chi connectivity index (χ4v) is 3.06. The average Bonchev–Trinajstić information content (AvgIpc) is 2.86. The lowest BCUT2D eigenvalue weighted by Gasteiger charge is -2.14. The highest BCUT2D eigenvalue weighted by molar-refractivity contribution is 7.92. The number of para-hydroxylation sites is 1.